The van der Waals surface area contributed by atoms with E-state index in [0.717, 1.165) is 31.2 Å². The number of aromatic nitrogens is 3. The highest BCUT2D eigenvalue weighted by Gasteiger charge is 2.30. The SMILES string of the molecule is Cc1ccc2c(N(c3ccccc3F)S(C)(=O)=O)c(F)ccc2c1Oc1ncccc1-c1ccnc(NC2CCCN(C(=O)OC(C)(C)C)C2)n1. The number of hydrogen-bond donors (Lipinski definition) is 1. The van der Waals surface area contributed by atoms with Crippen molar-refractivity contribution in [1.29, 1.82) is 0 Å². The summed E-state index contributed by atoms with van der Waals surface area (Å²) in [5, 5.41) is 3.91. The van der Waals surface area contributed by atoms with Gasteiger partial charge in [-0.25, -0.2) is 41.3 Å². The molecule has 11 nitrogen and oxygen atoms in total. The van der Waals surface area contributed by atoms with Crippen molar-refractivity contribution < 1.29 is 31.5 Å². The summed E-state index contributed by atoms with van der Waals surface area (Å²) in [6, 6.07) is 16.3. The van der Waals surface area contributed by atoms with Gasteiger partial charge in [0, 0.05) is 42.3 Å². The molecule has 0 saturated carbocycles. The molecule has 1 N–H and O–H groups in total. The van der Waals surface area contributed by atoms with Crippen LogP contribution >= 0.6 is 0 Å². The first-order valence-electron chi connectivity index (χ1n) is 16.4. The number of nitrogens with one attached hydrogen (secondary N) is 1. The molecular weight excluding hydrogens is 679 g/mol. The fourth-order valence-electron chi connectivity index (χ4n) is 5.98. The van der Waals surface area contributed by atoms with Crippen molar-refractivity contribution in [2.24, 2.45) is 0 Å². The van der Waals surface area contributed by atoms with Crippen LogP contribution in [0.4, 0.5) is 30.9 Å². The molecule has 14 heteroatoms. The number of pyridine rings is 1. The lowest BCUT2D eigenvalue weighted by molar-refractivity contribution is 0.0206. The molecule has 1 aliphatic rings. The van der Waals surface area contributed by atoms with Gasteiger partial charge in [0.15, 0.2) is 0 Å². The summed E-state index contributed by atoms with van der Waals surface area (Å²) in [6.45, 7) is 8.32. The Morgan fingerprint density at radius 1 is 0.961 bits per heavy atom. The largest absolute Gasteiger partial charge is 0.444 e. The molecule has 1 atom stereocenters. The number of carbonyl (C=O) groups excluding carboxylic acids is 1. The number of fused-ring (bicyclic) bond motifs is 1. The summed E-state index contributed by atoms with van der Waals surface area (Å²) in [6.07, 6.45) is 5.29. The number of halogens is 2. The molecule has 1 amide bonds. The van der Waals surface area contributed by atoms with Gasteiger partial charge in [-0.15, -0.1) is 0 Å². The fraction of sp³-hybridized carbons (Fsp3) is 0.297. The van der Waals surface area contributed by atoms with E-state index in [2.05, 4.69) is 15.3 Å². The maximum absolute atomic E-state index is 15.7. The lowest BCUT2D eigenvalue weighted by atomic mass is 10.0. The van der Waals surface area contributed by atoms with Gasteiger partial charge in [-0.05, 0) is 88.6 Å². The average Bonchev–Trinajstić information content (AvgIpc) is 3.07. The minimum Gasteiger partial charge on any atom is -0.444 e. The topological polar surface area (TPSA) is 127 Å². The van der Waals surface area contributed by atoms with E-state index in [4.69, 9.17) is 14.5 Å². The van der Waals surface area contributed by atoms with Crippen LogP contribution in [0.1, 0.15) is 39.2 Å². The van der Waals surface area contributed by atoms with Crippen LogP contribution in [0.15, 0.2) is 79.1 Å². The number of para-hydroxylation sites is 1. The van der Waals surface area contributed by atoms with Crippen LogP contribution < -0.4 is 14.4 Å². The van der Waals surface area contributed by atoms with Crippen molar-refractivity contribution in [2.45, 2.75) is 52.2 Å². The lowest BCUT2D eigenvalue weighted by Gasteiger charge is -2.34. The fourth-order valence-corrected chi connectivity index (χ4v) is 7.00. The van der Waals surface area contributed by atoms with Gasteiger partial charge in [-0.3, -0.25) is 0 Å². The minimum atomic E-state index is -4.21. The van der Waals surface area contributed by atoms with E-state index < -0.39 is 27.3 Å². The van der Waals surface area contributed by atoms with E-state index in [1.165, 1.54) is 24.3 Å². The lowest BCUT2D eigenvalue weighted by Crippen LogP contribution is -2.47. The molecule has 6 rings (SSSR count). The van der Waals surface area contributed by atoms with E-state index >= 15 is 4.39 Å². The van der Waals surface area contributed by atoms with E-state index in [9.17, 15) is 17.6 Å². The van der Waals surface area contributed by atoms with E-state index in [1.807, 2.05) is 20.8 Å². The molecule has 266 valence electrons. The third-order valence-electron chi connectivity index (χ3n) is 8.18. The second-order valence-electron chi connectivity index (χ2n) is 13.3. The normalized spacial score (nSPS) is 15.0. The first-order chi connectivity index (χ1) is 24.2. The molecule has 51 heavy (non-hydrogen) atoms. The molecule has 0 spiro atoms. The number of nitrogens with zero attached hydrogens (tertiary/aromatic N) is 5. The number of benzene rings is 3. The molecule has 2 aromatic heterocycles. The van der Waals surface area contributed by atoms with Crippen LogP contribution in [-0.2, 0) is 14.8 Å². The molecule has 1 fully saturated rings. The summed E-state index contributed by atoms with van der Waals surface area (Å²) in [5.41, 5.74) is 0.434. The monoisotopic (exact) mass is 716 g/mol. The van der Waals surface area contributed by atoms with Crippen LogP contribution in [-0.4, -0.2) is 65.4 Å². The summed E-state index contributed by atoms with van der Waals surface area (Å²) >= 11 is 0. The Morgan fingerprint density at radius 2 is 1.73 bits per heavy atom. The zero-order valence-corrected chi connectivity index (χ0v) is 29.7. The van der Waals surface area contributed by atoms with Gasteiger partial charge in [0.1, 0.15) is 28.7 Å². The standard InChI is InChI=1S/C37H38F2N6O5S/c1-23-14-15-25-26(16-17-29(39)32(25)45(51(5,47)48)31-13-7-6-12-28(31)38)33(23)49-34-27(11-8-19-40-34)30-18-20-41-35(43-30)42-24-10-9-21-44(22-24)36(46)50-37(2,3)4/h6-8,11-20,24H,9-10,21-22H2,1-5H3,(H,41,42,43). The van der Waals surface area contributed by atoms with Crippen molar-refractivity contribution in [3.63, 3.8) is 0 Å². The number of carbonyl (C=O) groups is 1. The molecule has 3 aromatic carbocycles. The van der Waals surface area contributed by atoms with Crippen molar-refractivity contribution in [3.8, 4) is 22.9 Å². The van der Waals surface area contributed by atoms with Crippen LogP contribution in [0, 0.1) is 18.6 Å². The number of hydrogen-bond acceptors (Lipinski definition) is 9. The number of anilines is 3. The molecule has 1 unspecified atom stereocenters. The molecule has 0 bridgehead atoms. The Bertz CT molecular complexity index is 2210. The van der Waals surface area contributed by atoms with Crippen molar-refractivity contribution in [1.82, 2.24) is 19.9 Å². The zero-order chi connectivity index (χ0) is 36.5. The summed E-state index contributed by atoms with van der Waals surface area (Å²) in [7, 11) is -4.21. The first kappa shape index (κ1) is 35.5. The van der Waals surface area contributed by atoms with Gasteiger partial charge >= 0.3 is 6.09 Å². The molecule has 1 aliphatic heterocycles. The summed E-state index contributed by atoms with van der Waals surface area (Å²) < 4.78 is 69.5. The molecule has 0 radical (unpaired) electrons. The van der Waals surface area contributed by atoms with Gasteiger partial charge in [-0.1, -0.05) is 24.3 Å². The molecule has 0 aliphatic carbocycles. The number of piperidine rings is 1. The summed E-state index contributed by atoms with van der Waals surface area (Å²) in [5.74, 6) is -0.853. The van der Waals surface area contributed by atoms with Crippen LogP contribution in [0.5, 0.6) is 11.6 Å². The third kappa shape index (κ3) is 7.85. The van der Waals surface area contributed by atoms with Crippen molar-refractivity contribution in [2.75, 3.05) is 29.0 Å². The maximum Gasteiger partial charge on any atom is 0.410 e. The van der Waals surface area contributed by atoms with Gasteiger partial charge in [0.2, 0.25) is 21.9 Å². The number of likely N-dealkylation sites (tertiary alicyclic amines) is 1. The number of aryl methyl sites for hydroxylation is 1. The predicted octanol–water partition coefficient (Wildman–Crippen LogP) is 7.98. The van der Waals surface area contributed by atoms with Crippen molar-refractivity contribution >= 4 is 44.2 Å². The number of sulfonamides is 1. The highest BCUT2D eigenvalue weighted by molar-refractivity contribution is 7.92. The van der Waals surface area contributed by atoms with E-state index in [-0.39, 0.29) is 34.8 Å². The molecule has 5 aromatic rings. The number of rotatable bonds is 8. The second-order valence-corrected chi connectivity index (χ2v) is 15.1. The van der Waals surface area contributed by atoms with Crippen LogP contribution in [0.2, 0.25) is 0 Å². The Morgan fingerprint density at radius 3 is 2.47 bits per heavy atom. The van der Waals surface area contributed by atoms with Gasteiger partial charge in [0.05, 0.1) is 23.2 Å². The maximum atomic E-state index is 15.7. The average molecular weight is 717 g/mol. The number of ether oxygens (including phenoxy) is 2. The predicted molar refractivity (Wildman–Crippen MR) is 192 cm³/mol. The number of amides is 1. The van der Waals surface area contributed by atoms with E-state index in [0.29, 0.717) is 51.3 Å². The first-order valence-corrected chi connectivity index (χ1v) is 18.2. The minimum absolute atomic E-state index is 0.102. The third-order valence-corrected chi connectivity index (χ3v) is 9.23. The smallest absolute Gasteiger partial charge is 0.410 e. The zero-order valence-electron chi connectivity index (χ0n) is 28.9. The van der Waals surface area contributed by atoms with Gasteiger partial charge in [0.25, 0.3) is 0 Å². The highest BCUT2D eigenvalue weighted by atomic mass is 32.2. The Kier molecular flexibility index (Phi) is 9.80. The van der Waals surface area contributed by atoms with Gasteiger partial charge in [-0.2, -0.15) is 0 Å². The molecule has 1 saturated heterocycles. The Balaban J connectivity index is 1.33. The Hall–Kier alpha value is -5.37. The quantitative estimate of drug-likeness (QED) is 0.170. The van der Waals surface area contributed by atoms with Crippen LogP contribution in [0.3, 0.4) is 0 Å². The highest BCUT2D eigenvalue weighted by Crippen LogP contribution is 2.43. The summed E-state index contributed by atoms with van der Waals surface area (Å²) in [4.78, 5) is 28.0. The second kappa shape index (κ2) is 14.1. The molecular formula is C37H38F2N6O5S. The van der Waals surface area contributed by atoms with E-state index in [1.54, 1.807) is 54.5 Å². The van der Waals surface area contributed by atoms with Crippen molar-refractivity contribution in [3.05, 3.63) is 96.3 Å². The Labute approximate surface area is 295 Å². The van der Waals surface area contributed by atoms with Crippen LogP contribution in [0.25, 0.3) is 22.0 Å². The van der Waals surface area contributed by atoms with Gasteiger partial charge < -0.3 is 19.7 Å². The molecule has 3 heterocycles.